The van der Waals surface area contributed by atoms with Crippen molar-refractivity contribution in [2.75, 3.05) is 11.2 Å². The molecule has 17 heavy (non-hydrogen) atoms. The third kappa shape index (κ3) is 2.64. The molecule has 1 aliphatic rings. The second kappa shape index (κ2) is 4.58. The number of thioether (sulfide) groups is 1. The van der Waals surface area contributed by atoms with Crippen LogP contribution in [0.2, 0.25) is 0 Å². The van der Waals surface area contributed by atoms with Crippen LogP contribution < -0.4 is 16.7 Å². The molecule has 0 atom stereocenters. The van der Waals surface area contributed by atoms with Crippen LogP contribution in [0.25, 0.3) is 0 Å². The lowest BCUT2D eigenvalue weighted by Crippen LogP contribution is -2.30. The van der Waals surface area contributed by atoms with Crippen LogP contribution in [-0.4, -0.2) is 26.3 Å². The first-order chi connectivity index (χ1) is 8.06. The summed E-state index contributed by atoms with van der Waals surface area (Å²) in [6.07, 6.45) is 0. The van der Waals surface area contributed by atoms with E-state index in [1.54, 1.807) is 6.92 Å². The van der Waals surface area contributed by atoms with Gasteiger partial charge in [0.2, 0.25) is 11.9 Å². The number of hydrazone groups is 1. The van der Waals surface area contributed by atoms with Gasteiger partial charge in [0.05, 0.1) is 12.3 Å². The van der Waals surface area contributed by atoms with Crippen molar-refractivity contribution < 1.29 is 4.79 Å². The van der Waals surface area contributed by atoms with Gasteiger partial charge in [-0.05, 0) is 6.92 Å². The molecule has 7 nitrogen and oxygen atoms in total. The molecule has 3 N–H and O–H groups in total. The average molecular weight is 253 g/mol. The van der Waals surface area contributed by atoms with E-state index in [9.17, 15) is 9.59 Å². The molecule has 0 aromatic carbocycles. The van der Waals surface area contributed by atoms with Crippen molar-refractivity contribution in [2.24, 2.45) is 10.8 Å². The van der Waals surface area contributed by atoms with Gasteiger partial charge in [-0.1, -0.05) is 11.8 Å². The van der Waals surface area contributed by atoms with Crippen LogP contribution in [0.15, 0.2) is 16.0 Å². The van der Waals surface area contributed by atoms with Gasteiger partial charge in [-0.15, -0.1) is 0 Å². The highest BCUT2D eigenvalue weighted by Gasteiger charge is 2.15. The van der Waals surface area contributed by atoms with Crippen molar-refractivity contribution >= 4 is 28.7 Å². The van der Waals surface area contributed by atoms with Crippen molar-refractivity contribution in [3.05, 3.63) is 22.1 Å². The number of nitrogens with zero attached hydrogens (tertiary/aromatic N) is 3. The molecule has 0 spiro atoms. The van der Waals surface area contributed by atoms with Crippen molar-refractivity contribution in [3.63, 3.8) is 0 Å². The van der Waals surface area contributed by atoms with E-state index in [0.717, 1.165) is 0 Å². The number of carbonyl (C=O) groups excluding carboxylic acids is 1. The van der Waals surface area contributed by atoms with Gasteiger partial charge in [-0.25, -0.2) is 10.4 Å². The van der Waals surface area contributed by atoms with Gasteiger partial charge >= 0.3 is 0 Å². The van der Waals surface area contributed by atoms with Gasteiger partial charge in [0.25, 0.3) is 5.56 Å². The predicted octanol–water partition coefficient (Wildman–Crippen LogP) is -0.491. The molecule has 0 bridgehead atoms. The first kappa shape index (κ1) is 11.6. The third-order valence-electron chi connectivity index (χ3n) is 2.09. The third-order valence-corrected chi connectivity index (χ3v) is 3.07. The highest BCUT2D eigenvalue weighted by atomic mass is 32.2. The number of hydrogen-bond acceptors (Lipinski definition) is 6. The Hall–Kier alpha value is -1.83. The van der Waals surface area contributed by atoms with E-state index in [1.165, 1.54) is 22.4 Å². The lowest BCUT2D eigenvalue weighted by atomic mass is 10.4. The summed E-state index contributed by atoms with van der Waals surface area (Å²) in [5, 5.41) is 4.65. The van der Waals surface area contributed by atoms with E-state index in [2.05, 4.69) is 15.5 Å². The summed E-state index contributed by atoms with van der Waals surface area (Å²) in [5.41, 5.74) is 8.21. The minimum absolute atomic E-state index is 0.143. The summed E-state index contributed by atoms with van der Waals surface area (Å²) in [7, 11) is 0. The summed E-state index contributed by atoms with van der Waals surface area (Å²) in [6, 6.07) is 1.45. The molecule has 90 valence electrons. The molecule has 0 radical (unpaired) electrons. The number of nitrogens with two attached hydrogens (primary N) is 1. The quantitative estimate of drug-likeness (QED) is 0.740. The van der Waals surface area contributed by atoms with E-state index in [1.807, 2.05) is 0 Å². The number of aryl methyl sites for hydroxylation is 1. The SMILES string of the molecule is Cc1cc(=O)n2c(n1)NN=C(SCC(N)=O)C2. The zero-order valence-corrected chi connectivity index (χ0v) is 9.95. The Labute approximate surface area is 101 Å². The molecule has 1 amide bonds. The molecule has 1 aromatic heterocycles. The number of nitrogens with one attached hydrogen (secondary N) is 1. The molecule has 0 fully saturated rings. The smallest absolute Gasteiger partial charge is 0.255 e. The standard InChI is InChI=1S/C9H11N5O2S/c1-5-2-8(16)14-3-7(17-4-6(10)15)12-13-9(14)11-5/h2H,3-4H2,1H3,(H2,10,15)(H,11,13). The Bertz CT molecular complexity index is 551. The monoisotopic (exact) mass is 253 g/mol. The first-order valence-electron chi connectivity index (χ1n) is 4.88. The van der Waals surface area contributed by atoms with Gasteiger partial charge in [0.15, 0.2) is 0 Å². The summed E-state index contributed by atoms with van der Waals surface area (Å²) in [5.74, 6) is 0.139. The molecule has 1 aliphatic heterocycles. The van der Waals surface area contributed by atoms with Gasteiger partial charge in [-0.3, -0.25) is 14.2 Å². The number of hydrogen-bond donors (Lipinski definition) is 2. The number of anilines is 1. The normalized spacial score (nSPS) is 13.6. The van der Waals surface area contributed by atoms with E-state index < -0.39 is 5.91 Å². The average Bonchev–Trinajstić information content (AvgIpc) is 2.26. The van der Waals surface area contributed by atoms with E-state index in [0.29, 0.717) is 23.2 Å². The summed E-state index contributed by atoms with van der Waals surface area (Å²) >= 11 is 1.21. The van der Waals surface area contributed by atoms with Crippen LogP contribution >= 0.6 is 11.8 Å². The molecular formula is C9H11N5O2S. The summed E-state index contributed by atoms with van der Waals surface area (Å²) in [4.78, 5) is 26.5. The number of carbonyl (C=O) groups is 1. The van der Waals surface area contributed by atoms with Crippen LogP contribution in [0, 0.1) is 6.92 Å². The predicted molar refractivity (Wildman–Crippen MR) is 65.9 cm³/mol. The lowest BCUT2D eigenvalue weighted by Gasteiger charge is -2.17. The fourth-order valence-electron chi connectivity index (χ4n) is 1.37. The topological polar surface area (TPSA) is 102 Å². The Morgan fingerprint density at radius 1 is 1.71 bits per heavy atom. The van der Waals surface area contributed by atoms with Gasteiger partial charge in [0.1, 0.15) is 5.04 Å². The van der Waals surface area contributed by atoms with Crippen LogP contribution in [0.3, 0.4) is 0 Å². The Balaban J connectivity index is 2.19. The molecule has 2 rings (SSSR count). The van der Waals surface area contributed by atoms with E-state index in [4.69, 9.17) is 5.73 Å². The Morgan fingerprint density at radius 3 is 3.18 bits per heavy atom. The number of amides is 1. The minimum Gasteiger partial charge on any atom is -0.369 e. The second-order valence-electron chi connectivity index (χ2n) is 3.52. The van der Waals surface area contributed by atoms with Crippen molar-refractivity contribution in [1.29, 1.82) is 0 Å². The fraction of sp³-hybridized carbons (Fsp3) is 0.333. The second-order valence-corrected chi connectivity index (χ2v) is 4.57. The molecule has 0 saturated heterocycles. The van der Waals surface area contributed by atoms with Crippen LogP contribution in [0.4, 0.5) is 5.95 Å². The molecule has 2 heterocycles. The number of primary amides is 1. The van der Waals surface area contributed by atoms with Gasteiger partial charge < -0.3 is 5.73 Å². The highest BCUT2D eigenvalue weighted by Crippen LogP contribution is 2.13. The van der Waals surface area contributed by atoms with Crippen molar-refractivity contribution in [2.45, 2.75) is 13.5 Å². The van der Waals surface area contributed by atoms with Crippen molar-refractivity contribution in [1.82, 2.24) is 9.55 Å². The maximum absolute atomic E-state index is 11.7. The van der Waals surface area contributed by atoms with E-state index in [-0.39, 0.29) is 11.3 Å². The lowest BCUT2D eigenvalue weighted by molar-refractivity contribution is -0.115. The van der Waals surface area contributed by atoms with E-state index >= 15 is 0 Å². The largest absolute Gasteiger partial charge is 0.369 e. The Kier molecular flexibility index (Phi) is 3.14. The maximum atomic E-state index is 11.7. The molecule has 8 heteroatoms. The molecule has 0 saturated carbocycles. The van der Waals surface area contributed by atoms with Gasteiger partial charge in [0, 0.05) is 11.8 Å². The van der Waals surface area contributed by atoms with Crippen molar-refractivity contribution in [3.8, 4) is 0 Å². The summed E-state index contributed by atoms with van der Waals surface area (Å²) < 4.78 is 1.46. The highest BCUT2D eigenvalue weighted by molar-refractivity contribution is 8.14. The number of rotatable bonds is 2. The molecule has 0 unspecified atom stereocenters. The van der Waals surface area contributed by atoms with Crippen LogP contribution in [0.1, 0.15) is 5.69 Å². The maximum Gasteiger partial charge on any atom is 0.255 e. The van der Waals surface area contributed by atoms with Crippen LogP contribution in [0.5, 0.6) is 0 Å². The Morgan fingerprint density at radius 2 is 2.47 bits per heavy atom. The fourth-order valence-corrected chi connectivity index (χ4v) is 2.01. The summed E-state index contributed by atoms with van der Waals surface area (Å²) in [6.45, 7) is 2.05. The molecule has 0 aliphatic carbocycles. The van der Waals surface area contributed by atoms with Crippen LogP contribution in [-0.2, 0) is 11.3 Å². The van der Waals surface area contributed by atoms with Gasteiger partial charge in [-0.2, -0.15) is 5.10 Å². The zero-order chi connectivity index (χ0) is 12.4. The molecule has 1 aromatic rings. The first-order valence-corrected chi connectivity index (χ1v) is 5.87. The minimum atomic E-state index is -0.419. The molecular weight excluding hydrogens is 242 g/mol. The number of fused-ring (bicyclic) bond motifs is 1. The number of aromatic nitrogens is 2. The zero-order valence-electron chi connectivity index (χ0n) is 9.14.